The van der Waals surface area contributed by atoms with E-state index in [0.717, 1.165) is 24.9 Å². The van der Waals surface area contributed by atoms with Gasteiger partial charge in [0.2, 0.25) is 15.9 Å². The van der Waals surface area contributed by atoms with Gasteiger partial charge in [0.05, 0.1) is 4.90 Å². The molecule has 0 aromatic heterocycles. The van der Waals surface area contributed by atoms with Crippen LogP contribution in [0.1, 0.15) is 37.3 Å². The van der Waals surface area contributed by atoms with Crippen LogP contribution in [0, 0.1) is 12.8 Å². The summed E-state index contributed by atoms with van der Waals surface area (Å²) in [7, 11) is -3.49. The first kappa shape index (κ1) is 22.8. The molecule has 1 N–H and O–H groups in total. The maximum absolute atomic E-state index is 12.8. The molecule has 0 bridgehead atoms. The molecule has 0 unspecified atom stereocenters. The molecule has 2 aliphatic rings. The zero-order chi connectivity index (χ0) is 22.7. The number of amides is 1. The van der Waals surface area contributed by atoms with Crippen LogP contribution in [-0.4, -0.2) is 50.9 Å². The summed E-state index contributed by atoms with van der Waals surface area (Å²) in [5.74, 6) is -0.0711. The number of carbonyl (C=O) groups excluding carboxylic acids is 1. The molecule has 4 rings (SSSR count). The van der Waals surface area contributed by atoms with E-state index in [1.165, 1.54) is 15.6 Å². The Morgan fingerprint density at radius 3 is 2.47 bits per heavy atom. The number of nitrogens with zero attached hydrogens (tertiary/aromatic N) is 2. The molecule has 1 amide bonds. The van der Waals surface area contributed by atoms with Crippen LogP contribution < -0.4 is 10.2 Å². The zero-order valence-electron chi connectivity index (χ0n) is 19.0. The molecule has 2 aromatic carbocycles. The van der Waals surface area contributed by atoms with E-state index in [4.69, 9.17) is 0 Å². The molecule has 2 aromatic rings. The van der Waals surface area contributed by atoms with E-state index in [0.29, 0.717) is 43.4 Å². The third kappa shape index (κ3) is 4.84. The highest BCUT2D eigenvalue weighted by Gasteiger charge is 2.32. The summed E-state index contributed by atoms with van der Waals surface area (Å²) in [6.45, 7) is 6.52. The smallest absolute Gasteiger partial charge is 0.243 e. The van der Waals surface area contributed by atoms with Gasteiger partial charge in [0, 0.05) is 43.8 Å². The molecule has 1 atom stereocenters. The van der Waals surface area contributed by atoms with Gasteiger partial charge in [-0.15, -0.1) is 0 Å². The second-order valence-corrected chi connectivity index (χ2v) is 10.9. The highest BCUT2D eigenvalue weighted by atomic mass is 32.2. The average Bonchev–Trinajstić information content (AvgIpc) is 3.12. The first-order chi connectivity index (χ1) is 15.4. The van der Waals surface area contributed by atoms with Gasteiger partial charge in [-0.1, -0.05) is 35.9 Å². The van der Waals surface area contributed by atoms with Crippen molar-refractivity contribution in [3.63, 3.8) is 0 Å². The molecule has 0 spiro atoms. The second kappa shape index (κ2) is 9.63. The minimum atomic E-state index is -3.49. The summed E-state index contributed by atoms with van der Waals surface area (Å²) in [6.07, 6.45) is 3.10. The summed E-state index contributed by atoms with van der Waals surface area (Å²) >= 11 is 0. The summed E-state index contributed by atoms with van der Waals surface area (Å²) in [5.41, 5.74) is 3.74. The number of fused-ring (bicyclic) bond motifs is 1. The van der Waals surface area contributed by atoms with Gasteiger partial charge in [-0.3, -0.25) is 4.79 Å². The SMILES string of the molecule is Cc1ccc(S(=O)(=O)N2CCC(C(=O)NCCCN3c4ccccc4C[C@@H]3C)CC2)cc1. The molecule has 2 aliphatic heterocycles. The van der Waals surface area contributed by atoms with E-state index in [1.54, 1.807) is 12.1 Å². The lowest BCUT2D eigenvalue weighted by molar-refractivity contribution is -0.126. The fourth-order valence-corrected chi connectivity index (χ4v) is 6.26. The Kier molecular flexibility index (Phi) is 6.86. The normalized spacial score (nSPS) is 19.7. The van der Waals surface area contributed by atoms with Crippen LogP contribution in [0.4, 0.5) is 5.69 Å². The van der Waals surface area contributed by atoms with Gasteiger partial charge in [-0.2, -0.15) is 4.31 Å². The molecule has 32 heavy (non-hydrogen) atoms. The lowest BCUT2D eigenvalue weighted by atomic mass is 9.97. The van der Waals surface area contributed by atoms with Crippen LogP contribution in [0.15, 0.2) is 53.4 Å². The highest BCUT2D eigenvalue weighted by molar-refractivity contribution is 7.89. The van der Waals surface area contributed by atoms with Crippen molar-refractivity contribution in [1.29, 1.82) is 0 Å². The van der Waals surface area contributed by atoms with Crippen molar-refractivity contribution in [3.05, 3.63) is 59.7 Å². The number of carbonyl (C=O) groups is 1. The summed E-state index contributed by atoms with van der Waals surface area (Å²) in [4.78, 5) is 15.4. The number of rotatable bonds is 7. The summed E-state index contributed by atoms with van der Waals surface area (Å²) in [6, 6.07) is 16.0. The van der Waals surface area contributed by atoms with Crippen molar-refractivity contribution in [1.82, 2.24) is 9.62 Å². The molecule has 2 heterocycles. The van der Waals surface area contributed by atoms with Crippen molar-refractivity contribution < 1.29 is 13.2 Å². The van der Waals surface area contributed by atoms with Gasteiger partial charge in [0.1, 0.15) is 0 Å². The van der Waals surface area contributed by atoms with E-state index >= 15 is 0 Å². The predicted octanol–water partition coefficient (Wildman–Crippen LogP) is 3.35. The van der Waals surface area contributed by atoms with Gasteiger partial charge in [-0.05, 0) is 63.3 Å². The second-order valence-electron chi connectivity index (χ2n) is 9.01. The lowest BCUT2D eigenvalue weighted by Crippen LogP contribution is -2.43. The fraction of sp³-hybridized carbons (Fsp3) is 0.480. The Morgan fingerprint density at radius 2 is 1.75 bits per heavy atom. The van der Waals surface area contributed by atoms with Gasteiger partial charge in [0.15, 0.2) is 0 Å². The number of nitrogens with one attached hydrogen (secondary N) is 1. The molecule has 0 aliphatic carbocycles. The van der Waals surface area contributed by atoms with Crippen LogP contribution in [0.5, 0.6) is 0 Å². The fourth-order valence-electron chi connectivity index (χ4n) is 4.79. The molecule has 0 radical (unpaired) electrons. The van der Waals surface area contributed by atoms with Crippen LogP contribution in [0.2, 0.25) is 0 Å². The predicted molar refractivity (Wildman–Crippen MR) is 127 cm³/mol. The third-order valence-corrected chi connectivity index (χ3v) is 8.62. The zero-order valence-corrected chi connectivity index (χ0v) is 19.8. The standard InChI is InChI=1S/C25H33N3O3S/c1-19-8-10-23(11-9-19)32(30,31)27-16-12-21(13-17-27)25(29)26-14-5-15-28-20(2)18-22-6-3-4-7-24(22)28/h3-4,6-11,20-21H,5,12-18H2,1-2H3,(H,26,29)/t20-/m0/s1. The minimum Gasteiger partial charge on any atom is -0.368 e. The molecule has 7 heteroatoms. The molecule has 1 saturated heterocycles. The highest BCUT2D eigenvalue weighted by Crippen LogP contribution is 2.31. The first-order valence-corrected chi connectivity index (χ1v) is 13.0. The number of para-hydroxylation sites is 1. The number of hydrogen-bond acceptors (Lipinski definition) is 4. The van der Waals surface area contributed by atoms with E-state index in [9.17, 15) is 13.2 Å². The third-order valence-electron chi connectivity index (χ3n) is 6.71. The topological polar surface area (TPSA) is 69.7 Å². The van der Waals surface area contributed by atoms with Crippen LogP contribution in [0.25, 0.3) is 0 Å². The van der Waals surface area contributed by atoms with E-state index in [2.05, 4.69) is 41.4 Å². The van der Waals surface area contributed by atoms with E-state index in [-0.39, 0.29) is 11.8 Å². The van der Waals surface area contributed by atoms with Gasteiger partial charge in [0.25, 0.3) is 0 Å². The quantitative estimate of drug-likeness (QED) is 0.650. The van der Waals surface area contributed by atoms with E-state index < -0.39 is 10.0 Å². The molecular weight excluding hydrogens is 422 g/mol. The first-order valence-electron chi connectivity index (χ1n) is 11.6. The molecule has 1 fully saturated rings. The monoisotopic (exact) mass is 455 g/mol. The molecule has 172 valence electrons. The number of anilines is 1. The van der Waals surface area contributed by atoms with Crippen molar-refractivity contribution in [2.45, 2.75) is 50.5 Å². The van der Waals surface area contributed by atoms with Crippen molar-refractivity contribution >= 4 is 21.6 Å². The average molecular weight is 456 g/mol. The van der Waals surface area contributed by atoms with Gasteiger partial charge in [-0.25, -0.2) is 8.42 Å². The molecule has 6 nitrogen and oxygen atoms in total. The molecular formula is C25H33N3O3S. The largest absolute Gasteiger partial charge is 0.368 e. The van der Waals surface area contributed by atoms with E-state index in [1.807, 2.05) is 19.1 Å². The van der Waals surface area contributed by atoms with Crippen molar-refractivity contribution in [2.75, 3.05) is 31.1 Å². The number of benzene rings is 2. The Balaban J connectivity index is 1.22. The number of aryl methyl sites for hydroxylation is 1. The Labute approximate surface area is 191 Å². The maximum Gasteiger partial charge on any atom is 0.243 e. The Bertz CT molecular complexity index is 1040. The van der Waals surface area contributed by atoms with Gasteiger partial charge < -0.3 is 10.2 Å². The number of sulfonamides is 1. The summed E-state index contributed by atoms with van der Waals surface area (Å²) in [5, 5.41) is 3.07. The number of piperidine rings is 1. The maximum atomic E-state index is 12.8. The van der Waals surface area contributed by atoms with Crippen molar-refractivity contribution in [3.8, 4) is 0 Å². The van der Waals surface area contributed by atoms with Gasteiger partial charge >= 0.3 is 0 Å². The minimum absolute atomic E-state index is 0.0484. The Morgan fingerprint density at radius 1 is 1.06 bits per heavy atom. The van der Waals surface area contributed by atoms with Crippen LogP contribution in [0.3, 0.4) is 0 Å². The van der Waals surface area contributed by atoms with Crippen LogP contribution in [-0.2, 0) is 21.2 Å². The Hall–Kier alpha value is -2.38. The molecule has 0 saturated carbocycles. The lowest BCUT2D eigenvalue weighted by Gasteiger charge is -2.30. The van der Waals surface area contributed by atoms with Crippen LogP contribution >= 0.6 is 0 Å². The summed E-state index contributed by atoms with van der Waals surface area (Å²) < 4.78 is 27.2. The van der Waals surface area contributed by atoms with Crippen molar-refractivity contribution in [2.24, 2.45) is 5.92 Å². The number of hydrogen-bond donors (Lipinski definition) is 1.